The number of benzene rings is 2. The van der Waals surface area contributed by atoms with Crippen LogP contribution in [-0.4, -0.2) is 6.79 Å². The number of ether oxygens (including phenoxy) is 1. The van der Waals surface area contributed by atoms with E-state index in [1.807, 2.05) is 37.1 Å². The molecule has 0 saturated carbocycles. The maximum absolute atomic E-state index is 8.00. The number of para-hydroxylation sites is 1. The molecule has 0 heterocycles. The Morgan fingerprint density at radius 2 is 1.53 bits per heavy atom. The molecule has 0 atom stereocenters. The third-order valence-corrected chi connectivity index (χ3v) is 2.78. The first-order valence-corrected chi connectivity index (χ1v) is 6.32. The molecule has 0 aliphatic heterocycles. The van der Waals surface area contributed by atoms with Gasteiger partial charge in [0, 0.05) is 0 Å². The van der Waals surface area contributed by atoms with E-state index in [0.29, 0.717) is 12.5 Å². The second kappa shape index (κ2) is 8.09. The zero-order valence-corrected chi connectivity index (χ0v) is 11.5. The number of rotatable bonds is 4. The van der Waals surface area contributed by atoms with Gasteiger partial charge in [-0.05, 0) is 23.1 Å². The lowest BCUT2D eigenvalue weighted by Gasteiger charge is -2.13. The summed E-state index contributed by atoms with van der Waals surface area (Å²) in [5.74, 6) is 1.48. The first-order valence-electron chi connectivity index (χ1n) is 6.32. The summed E-state index contributed by atoms with van der Waals surface area (Å²) in [5.41, 5.74) is 2.47. The largest absolute Gasteiger partial charge is 0.489 e. The molecule has 0 saturated heterocycles. The van der Waals surface area contributed by atoms with Crippen molar-refractivity contribution in [1.29, 1.82) is 0 Å². The van der Waals surface area contributed by atoms with Crippen molar-refractivity contribution in [2.45, 2.75) is 26.4 Å². The fraction of sp³-hybridized carbons (Fsp3) is 0.235. The summed E-state index contributed by atoms with van der Waals surface area (Å²) in [4.78, 5) is 8.00. The van der Waals surface area contributed by atoms with E-state index >= 15 is 0 Å². The topological polar surface area (TPSA) is 26.3 Å². The van der Waals surface area contributed by atoms with Gasteiger partial charge in [-0.2, -0.15) is 0 Å². The third-order valence-electron chi connectivity index (χ3n) is 2.78. The van der Waals surface area contributed by atoms with Crippen LogP contribution in [0, 0.1) is 0 Å². The summed E-state index contributed by atoms with van der Waals surface area (Å²) in [6.07, 6.45) is 0. The summed E-state index contributed by atoms with van der Waals surface area (Å²) in [7, 11) is 0. The van der Waals surface area contributed by atoms with Crippen LogP contribution >= 0.6 is 0 Å². The van der Waals surface area contributed by atoms with Crippen molar-refractivity contribution >= 4 is 6.79 Å². The highest BCUT2D eigenvalue weighted by atomic mass is 16.5. The van der Waals surface area contributed by atoms with E-state index in [1.54, 1.807) is 0 Å². The Balaban J connectivity index is 0.000000861. The van der Waals surface area contributed by atoms with Gasteiger partial charge in [-0.25, -0.2) is 0 Å². The number of hydrogen-bond acceptors (Lipinski definition) is 2. The Morgan fingerprint density at radius 3 is 2.16 bits per heavy atom. The molecule has 0 aromatic heterocycles. The van der Waals surface area contributed by atoms with Crippen LogP contribution in [0.25, 0.3) is 0 Å². The molecule has 0 amide bonds. The van der Waals surface area contributed by atoms with Gasteiger partial charge < -0.3 is 9.53 Å². The molecule has 19 heavy (non-hydrogen) atoms. The second-order valence-electron chi connectivity index (χ2n) is 4.47. The van der Waals surface area contributed by atoms with E-state index in [0.717, 1.165) is 5.75 Å². The summed E-state index contributed by atoms with van der Waals surface area (Å²) in [6.45, 7) is 7.00. The molecule has 0 fully saturated rings. The van der Waals surface area contributed by atoms with E-state index in [-0.39, 0.29) is 0 Å². The van der Waals surface area contributed by atoms with Gasteiger partial charge in [-0.15, -0.1) is 0 Å². The maximum Gasteiger partial charge on any atom is 0.123 e. The lowest BCUT2D eigenvalue weighted by atomic mass is 10.0. The highest BCUT2D eigenvalue weighted by Gasteiger charge is 2.06. The molecule has 2 heteroatoms. The van der Waals surface area contributed by atoms with Gasteiger partial charge in [-0.3, -0.25) is 0 Å². The zero-order chi connectivity index (χ0) is 14.1. The zero-order valence-electron chi connectivity index (χ0n) is 11.5. The van der Waals surface area contributed by atoms with Crippen molar-refractivity contribution in [1.82, 2.24) is 0 Å². The standard InChI is InChI=1S/C16H18O.CH2O/c1-13(2)15-10-6-7-11-16(15)17-12-14-8-4-3-5-9-14;1-2/h3-11,13H,12H2,1-2H3;1H2. The molecule has 0 aliphatic carbocycles. The Hall–Kier alpha value is -2.09. The van der Waals surface area contributed by atoms with Crippen LogP contribution in [0.5, 0.6) is 5.75 Å². The molecule has 0 unspecified atom stereocenters. The van der Waals surface area contributed by atoms with E-state index in [4.69, 9.17) is 9.53 Å². The highest BCUT2D eigenvalue weighted by Crippen LogP contribution is 2.26. The molecule has 0 N–H and O–H groups in total. The first-order chi connectivity index (χ1) is 9.27. The van der Waals surface area contributed by atoms with Crippen LogP contribution in [0.3, 0.4) is 0 Å². The van der Waals surface area contributed by atoms with Crippen LogP contribution < -0.4 is 4.74 Å². The molecule has 0 spiro atoms. The SMILES string of the molecule is C=O.CC(C)c1ccccc1OCc1ccccc1. The summed E-state index contributed by atoms with van der Waals surface area (Å²) in [6, 6.07) is 18.5. The predicted octanol–water partition coefficient (Wildman–Crippen LogP) is 4.20. The van der Waals surface area contributed by atoms with Gasteiger partial charge in [0.25, 0.3) is 0 Å². The number of carbonyl (C=O) groups excluding carboxylic acids is 1. The molecule has 2 aromatic carbocycles. The Bertz CT molecular complexity index is 478. The van der Waals surface area contributed by atoms with Crippen molar-refractivity contribution in [2.24, 2.45) is 0 Å². The Labute approximate surface area is 115 Å². The minimum Gasteiger partial charge on any atom is -0.489 e. The number of carbonyl (C=O) groups is 1. The van der Waals surface area contributed by atoms with E-state index in [2.05, 4.69) is 38.1 Å². The van der Waals surface area contributed by atoms with Crippen molar-refractivity contribution in [2.75, 3.05) is 0 Å². The average molecular weight is 256 g/mol. The van der Waals surface area contributed by atoms with Gasteiger partial charge >= 0.3 is 0 Å². The average Bonchev–Trinajstić information content (AvgIpc) is 2.48. The van der Waals surface area contributed by atoms with Crippen molar-refractivity contribution in [3.63, 3.8) is 0 Å². The molecule has 0 bridgehead atoms. The first kappa shape index (κ1) is 15.0. The molecular weight excluding hydrogens is 236 g/mol. The van der Waals surface area contributed by atoms with E-state index in [9.17, 15) is 0 Å². The van der Waals surface area contributed by atoms with E-state index in [1.165, 1.54) is 11.1 Å². The lowest BCUT2D eigenvalue weighted by molar-refractivity contribution is -0.0979. The van der Waals surface area contributed by atoms with Gasteiger partial charge in [0.1, 0.15) is 19.1 Å². The monoisotopic (exact) mass is 256 g/mol. The quantitative estimate of drug-likeness (QED) is 0.819. The molecule has 0 aliphatic rings. The molecule has 0 radical (unpaired) electrons. The van der Waals surface area contributed by atoms with Crippen molar-refractivity contribution in [3.05, 3.63) is 65.7 Å². The van der Waals surface area contributed by atoms with Crippen LogP contribution in [0.4, 0.5) is 0 Å². The summed E-state index contributed by atoms with van der Waals surface area (Å²) < 4.78 is 5.88. The van der Waals surface area contributed by atoms with Gasteiger partial charge in [0.15, 0.2) is 0 Å². The summed E-state index contributed by atoms with van der Waals surface area (Å²) >= 11 is 0. The summed E-state index contributed by atoms with van der Waals surface area (Å²) in [5, 5.41) is 0. The van der Waals surface area contributed by atoms with Gasteiger partial charge in [-0.1, -0.05) is 62.4 Å². The third kappa shape index (κ3) is 4.59. The van der Waals surface area contributed by atoms with Crippen LogP contribution in [-0.2, 0) is 11.4 Å². The minimum absolute atomic E-state index is 0.488. The predicted molar refractivity (Wildman–Crippen MR) is 78.4 cm³/mol. The maximum atomic E-state index is 8.00. The van der Waals surface area contributed by atoms with Crippen LogP contribution in [0.2, 0.25) is 0 Å². The fourth-order valence-electron chi connectivity index (χ4n) is 1.82. The van der Waals surface area contributed by atoms with Gasteiger partial charge in [0.2, 0.25) is 0 Å². The second-order valence-corrected chi connectivity index (χ2v) is 4.47. The molecule has 100 valence electrons. The molecule has 2 aromatic rings. The molecular formula is C17H20O2. The fourth-order valence-corrected chi connectivity index (χ4v) is 1.82. The Morgan fingerprint density at radius 1 is 0.947 bits per heavy atom. The Kier molecular flexibility index (Phi) is 6.37. The number of hydrogen-bond donors (Lipinski definition) is 0. The van der Waals surface area contributed by atoms with Crippen molar-refractivity contribution in [3.8, 4) is 5.75 Å². The van der Waals surface area contributed by atoms with Crippen molar-refractivity contribution < 1.29 is 9.53 Å². The molecule has 2 nitrogen and oxygen atoms in total. The molecule has 2 rings (SSSR count). The normalized spacial score (nSPS) is 9.63. The smallest absolute Gasteiger partial charge is 0.123 e. The van der Waals surface area contributed by atoms with Gasteiger partial charge in [0.05, 0.1) is 0 Å². The van der Waals surface area contributed by atoms with E-state index < -0.39 is 0 Å². The van der Waals surface area contributed by atoms with Crippen LogP contribution in [0.15, 0.2) is 54.6 Å². The van der Waals surface area contributed by atoms with Crippen LogP contribution in [0.1, 0.15) is 30.9 Å². The lowest BCUT2D eigenvalue weighted by Crippen LogP contribution is -1.99. The highest BCUT2D eigenvalue weighted by molar-refractivity contribution is 5.35. The minimum atomic E-state index is 0.488.